The topological polar surface area (TPSA) is 69.7 Å². The molecule has 0 bridgehead atoms. The molecule has 5 nitrogen and oxygen atoms in total. The number of hydrogen-bond donors (Lipinski definition) is 0. The SMILES string of the molecule is O=C(O/C(=C(\OS(=O)(=O)C(F)(F)F)c1ccccc1)c1ccccc1)C(c1ccccc1)c1ccccc1. The first-order valence-electron chi connectivity index (χ1n) is 11.3. The van der Waals surface area contributed by atoms with Crippen molar-refractivity contribution in [3.05, 3.63) is 144 Å². The van der Waals surface area contributed by atoms with Crippen LogP contribution in [0.5, 0.6) is 0 Å². The van der Waals surface area contributed by atoms with Gasteiger partial charge in [-0.1, -0.05) is 121 Å². The average molecular weight is 539 g/mol. The van der Waals surface area contributed by atoms with E-state index in [4.69, 9.17) is 4.74 Å². The fourth-order valence-corrected chi connectivity index (χ4v) is 4.19. The normalized spacial score (nSPS) is 12.5. The molecule has 0 saturated carbocycles. The zero-order chi connectivity index (χ0) is 27.2. The monoisotopic (exact) mass is 538 g/mol. The summed E-state index contributed by atoms with van der Waals surface area (Å²) in [6.45, 7) is 0. The van der Waals surface area contributed by atoms with Crippen LogP contribution < -0.4 is 0 Å². The van der Waals surface area contributed by atoms with Crippen LogP contribution >= 0.6 is 0 Å². The number of carbonyl (C=O) groups is 1. The van der Waals surface area contributed by atoms with Crippen molar-refractivity contribution in [2.45, 2.75) is 11.4 Å². The van der Waals surface area contributed by atoms with Crippen molar-refractivity contribution in [3.8, 4) is 0 Å². The molecule has 38 heavy (non-hydrogen) atoms. The smallest absolute Gasteiger partial charge is 0.421 e. The highest BCUT2D eigenvalue weighted by atomic mass is 32.2. The van der Waals surface area contributed by atoms with Crippen LogP contribution in [-0.2, 0) is 23.8 Å². The minimum atomic E-state index is -6.11. The lowest BCUT2D eigenvalue weighted by Gasteiger charge is -2.21. The van der Waals surface area contributed by atoms with E-state index in [1.165, 1.54) is 36.4 Å². The van der Waals surface area contributed by atoms with E-state index in [0.29, 0.717) is 11.1 Å². The van der Waals surface area contributed by atoms with Crippen LogP contribution in [0.25, 0.3) is 11.5 Å². The first kappa shape index (κ1) is 26.7. The fraction of sp³-hybridized carbons (Fsp3) is 0.0690. The third-order valence-corrected chi connectivity index (χ3v) is 6.41. The van der Waals surface area contributed by atoms with Crippen LogP contribution in [-0.4, -0.2) is 19.9 Å². The summed E-state index contributed by atoms with van der Waals surface area (Å²) in [4.78, 5) is 13.7. The van der Waals surface area contributed by atoms with Gasteiger partial charge in [0, 0.05) is 11.1 Å². The van der Waals surface area contributed by atoms with Crippen LogP contribution in [0.15, 0.2) is 121 Å². The van der Waals surface area contributed by atoms with Gasteiger partial charge in [0.1, 0.15) is 5.92 Å². The molecule has 0 amide bonds. The van der Waals surface area contributed by atoms with Crippen LogP contribution in [0.2, 0.25) is 0 Å². The summed E-state index contributed by atoms with van der Waals surface area (Å²) in [5.74, 6) is -3.07. The molecular weight excluding hydrogens is 517 g/mol. The number of hydrogen-bond acceptors (Lipinski definition) is 5. The molecule has 0 heterocycles. The maximum absolute atomic E-state index is 13.7. The molecule has 4 rings (SSSR count). The molecule has 194 valence electrons. The van der Waals surface area contributed by atoms with E-state index >= 15 is 0 Å². The Labute approximate surface area is 217 Å². The Hall–Kier alpha value is -4.37. The summed E-state index contributed by atoms with van der Waals surface area (Å²) in [5, 5.41) is 0. The number of benzene rings is 4. The zero-order valence-corrected chi connectivity index (χ0v) is 20.5. The lowest BCUT2D eigenvalue weighted by Crippen LogP contribution is -2.26. The Bertz CT molecular complexity index is 1470. The van der Waals surface area contributed by atoms with Gasteiger partial charge >= 0.3 is 21.6 Å². The molecule has 0 aliphatic heterocycles. The fourth-order valence-electron chi connectivity index (χ4n) is 3.70. The maximum atomic E-state index is 13.7. The number of esters is 1. The van der Waals surface area contributed by atoms with Gasteiger partial charge in [0.15, 0.2) is 11.5 Å². The van der Waals surface area contributed by atoms with Gasteiger partial charge in [0.05, 0.1) is 0 Å². The summed E-state index contributed by atoms with van der Waals surface area (Å²) < 4.78 is 74.7. The molecule has 9 heteroatoms. The summed E-state index contributed by atoms with van der Waals surface area (Å²) in [6.07, 6.45) is 0. The molecule has 0 aliphatic rings. The van der Waals surface area contributed by atoms with Crippen LogP contribution in [0.3, 0.4) is 0 Å². The van der Waals surface area contributed by atoms with Gasteiger partial charge < -0.3 is 8.92 Å². The van der Waals surface area contributed by atoms with E-state index < -0.39 is 39.0 Å². The molecule has 0 aromatic heterocycles. The predicted molar refractivity (Wildman–Crippen MR) is 137 cm³/mol. The van der Waals surface area contributed by atoms with E-state index in [0.717, 1.165) is 0 Å². The maximum Gasteiger partial charge on any atom is 0.534 e. The van der Waals surface area contributed by atoms with Crippen molar-refractivity contribution in [3.63, 3.8) is 0 Å². The Morgan fingerprint density at radius 2 is 0.974 bits per heavy atom. The standard InChI is InChI=1S/C29H21F3O5S/c30-29(31,32)38(34,35)37-27(24-19-11-4-12-20-24)26(23-17-9-3-10-18-23)36-28(33)25(21-13-5-1-6-14-21)22-15-7-2-8-16-22/h1-20,25H/b27-26-. The first-order valence-corrected chi connectivity index (χ1v) is 12.8. The molecule has 0 unspecified atom stereocenters. The quantitative estimate of drug-likeness (QED) is 0.0816. The van der Waals surface area contributed by atoms with Crippen LogP contribution in [0, 0.1) is 0 Å². The van der Waals surface area contributed by atoms with Crippen molar-refractivity contribution in [1.82, 2.24) is 0 Å². The molecule has 0 aliphatic carbocycles. The molecule has 0 saturated heterocycles. The van der Waals surface area contributed by atoms with Gasteiger partial charge in [-0.3, -0.25) is 4.79 Å². The first-order chi connectivity index (χ1) is 18.2. The number of ether oxygens (including phenoxy) is 1. The molecule has 4 aromatic carbocycles. The summed E-state index contributed by atoms with van der Waals surface area (Å²) in [6, 6.07) is 32.3. The van der Waals surface area contributed by atoms with Crippen LogP contribution in [0.1, 0.15) is 28.2 Å². The minimum absolute atomic E-state index is 0.0389. The second kappa shape index (κ2) is 11.4. The summed E-state index contributed by atoms with van der Waals surface area (Å²) >= 11 is 0. The van der Waals surface area contributed by atoms with Crippen molar-refractivity contribution in [1.29, 1.82) is 0 Å². The lowest BCUT2D eigenvalue weighted by atomic mass is 9.91. The second-order valence-electron chi connectivity index (χ2n) is 8.05. The second-order valence-corrected chi connectivity index (χ2v) is 9.59. The van der Waals surface area contributed by atoms with Gasteiger partial charge in [-0.15, -0.1) is 0 Å². The number of halogens is 3. The highest BCUT2D eigenvalue weighted by Gasteiger charge is 2.49. The Kier molecular flexibility index (Phi) is 7.97. The van der Waals surface area contributed by atoms with Gasteiger partial charge in [0.2, 0.25) is 0 Å². The molecule has 0 fully saturated rings. The Morgan fingerprint density at radius 3 is 1.37 bits per heavy atom. The summed E-state index contributed by atoms with van der Waals surface area (Å²) in [7, 11) is -6.11. The lowest BCUT2D eigenvalue weighted by molar-refractivity contribution is -0.137. The Morgan fingerprint density at radius 1 is 0.605 bits per heavy atom. The van der Waals surface area contributed by atoms with E-state index in [9.17, 15) is 26.4 Å². The van der Waals surface area contributed by atoms with E-state index in [1.807, 2.05) is 0 Å². The highest BCUT2D eigenvalue weighted by molar-refractivity contribution is 7.87. The highest BCUT2D eigenvalue weighted by Crippen LogP contribution is 2.36. The van der Waals surface area contributed by atoms with E-state index in [2.05, 4.69) is 4.18 Å². The van der Waals surface area contributed by atoms with E-state index in [1.54, 1.807) is 84.9 Å². The van der Waals surface area contributed by atoms with Crippen molar-refractivity contribution in [2.24, 2.45) is 0 Å². The Balaban J connectivity index is 1.91. The van der Waals surface area contributed by atoms with Gasteiger partial charge in [0.25, 0.3) is 0 Å². The number of carbonyl (C=O) groups excluding carboxylic acids is 1. The molecule has 0 radical (unpaired) electrons. The average Bonchev–Trinajstić information content (AvgIpc) is 2.92. The van der Waals surface area contributed by atoms with Crippen molar-refractivity contribution < 1.29 is 35.3 Å². The third kappa shape index (κ3) is 6.12. The number of alkyl halides is 3. The van der Waals surface area contributed by atoms with E-state index in [-0.39, 0.29) is 11.1 Å². The largest absolute Gasteiger partial charge is 0.534 e. The molecule has 0 atom stereocenters. The van der Waals surface area contributed by atoms with Gasteiger partial charge in [-0.05, 0) is 11.1 Å². The number of rotatable bonds is 8. The molecular formula is C29H21F3O5S. The minimum Gasteiger partial charge on any atom is -0.421 e. The van der Waals surface area contributed by atoms with Gasteiger partial charge in [-0.2, -0.15) is 21.6 Å². The molecule has 4 aromatic rings. The van der Waals surface area contributed by atoms with Gasteiger partial charge in [-0.25, -0.2) is 0 Å². The third-order valence-electron chi connectivity index (χ3n) is 5.46. The molecule has 0 spiro atoms. The van der Waals surface area contributed by atoms with Crippen molar-refractivity contribution in [2.75, 3.05) is 0 Å². The zero-order valence-electron chi connectivity index (χ0n) is 19.7. The van der Waals surface area contributed by atoms with Crippen LogP contribution in [0.4, 0.5) is 13.2 Å². The molecule has 0 N–H and O–H groups in total. The summed E-state index contributed by atoms with van der Waals surface area (Å²) in [5.41, 5.74) is -4.47. The van der Waals surface area contributed by atoms with Crippen molar-refractivity contribution >= 4 is 27.6 Å². The predicted octanol–water partition coefficient (Wildman–Crippen LogP) is 6.75.